The maximum absolute atomic E-state index is 12.6. The Hall–Kier alpha value is -12.1. The molecule has 0 unspecified atom stereocenters. The molecule has 0 radical (unpaired) electrons. The van der Waals surface area contributed by atoms with Gasteiger partial charge in [0.1, 0.15) is 34.3 Å². The number of piperidine rings is 3. The zero-order valence-corrected chi connectivity index (χ0v) is 80.2. The van der Waals surface area contributed by atoms with Gasteiger partial charge in [-0.2, -0.15) is 5.53 Å². The minimum atomic E-state index is -0.549. The molecule has 45 nitrogen and oxygen atoms in total. The number of nitrogens with zero attached hydrogens (tertiary/aromatic N) is 30. The van der Waals surface area contributed by atoms with E-state index in [2.05, 4.69) is 188 Å². The molecule has 13 N–H and O–H groups in total. The number of nitrogens with one attached hydrogen (secondary N) is 3. The zero-order valence-electron chi connectivity index (χ0n) is 74.2. The first-order chi connectivity index (χ1) is 63.0. The number of imidazole rings is 3. The number of alkyl carbamates (subject to hydrolysis) is 2. The largest absolute Gasteiger partial charge is 1.00 e. The minimum absolute atomic E-state index is 0. The van der Waals surface area contributed by atoms with Crippen LogP contribution in [0.15, 0.2) is 254 Å². The van der Waals surface area contributed by atoms with Gasteiger partial charge in [-0.3, -0.25) is 13.2 Å². The molecule has 6 saturated heterocycles. The molecular formula is C82H100BrN38NaO7S3. The number of pyridine rings is 3. The Morgan fingerprint density at radius 2 is 0.826 bits per heavy atom. The Labute approximate surface area is 801 Å². The van der Waals surface area contributed by atoms with Crippen LogP contribution in [-0.4, -0.2) is 177 Å². The van der Waals surface area contributed by atoms with E-state index in [1.807, 2.05) is 182 Å². The van der Waals surface area contributed by atoms with Gasteiger partial charge in [0.25, 0.3) is 0 Å². The minimum Gasteiger partial charge on any atom is -0.775 e. The Morgan fingerprint density at radius 3 is 1.22 bits per heavy atom. The molecule has 6 aliphatic rings. The average molecular weight is 1930 g/mol. The van der Waals surface area contributed by atoms with Crippen molar-refractivity contribution in [1.82, 2.24) is 68.7 Å². The summed E-state index contributed by atoms with van der Waals surface area (Å²) in [4.78, 5) is 77.6. The van der Waals surface area contributed by atoms with Gasteiger partial charge in [0, 0.05) is 148 Å². The number of ether oxygens (including phenoxy) is 5. The summed E-state index contributed by atoms with van der Waals surface area (Å²) in [6.07, 6.45) is 21.5. The van der Waals surface area contributed by atoms with Crippen molar-refractivity contribution in [3.63, 3.8) is 0 Å². The Kier molecular flexibility index (Phi) is 32.1. The van der Waals surface area contributed by atoms with Gasteiger partial charge in [-0.15, -0.1) is 4.90 Å². The molecule has 6 fully saturated rings. The number of fused-ring (bicyclic) bond motifs is 6. The summed E-state index contributed by atoms with van der Waals surface area (Å²) >= 11 is 12.0. The van der Waals surface area contributed by atoms with Gasteiger partial charge in [0.05, 0.1) is 76.6 Å². The molecule has 3 aromatic carbocycles. The number of carbonyl (C=O) groups excluding carboxylic acids is 2. The number of nitrogen functional groups attached to an aromatic ring is 3. The number of hydrogen-bond donors (Lipinski definition) is 8. The van der Waals surface area contributed by atoms with E-state index in [9.17, 15) is 9.59 Å². The molecule has 2 amide bonds. The number of anilines is 6. The van der Waals surface area contributed by atoms with Gasteiger partial charge in [0.15, 0.2) is 11.3 Å². The molecule has 6 atom stereocenters. The van der Waals surface area contributed by atoms with Gasteiger partial charge < -0.3 is 90.4 Å². The van der Waals surface area contributed by atoms with E-state index in [0.29, 0.717) is 35.6 Å². The van der Waals surface area contributed by atoms with Gasteiger partial charge in [-0.05, 0) is 226 Å². The third kappa shape index (κ3) is 23.5. The molecule has 0 aliphatic carbocycles. The summed E-state index contributed by atoms with van der Waals surface area (Å²) in [6, 6.07) is 29.4. The molecule has 0 saturated carbocycles. The molecule has 0 bridgehead atoms. The molecule has 686 valence electrons. The van der Waals surface area contributed by atoms with Crippen LogP contribution in [-0.2, 0) is 36.3 Å². The van der Waals surface area contributed by atoms with E-state index < -0.39 is 17.3 Å². The molecule has 15 heterocycles. The summed E-state index contributed by atoms with van der Waals surface area (Å²) in [5.41, 5.74) is 34.4. The van der Waals surface area contributed by atoms with Crippen LogP contribution in [0.25, 0.3) is 49.7 Å². The molecule has 132 heavy (non-hydrogen) atoms. The monoisotopic (exact) mass is 1930 g/mol. The first-order valence-electron chi connectivity index (χ1n) is 41.8. The molecule has 3 spiro atoms. The van der Waals surface area contributed by atoms with Crippen LogP contribution in [0.3, 0.4) is 0 Å². The molecular weight excluding hydrogens is 1830 g/mol. The van der Waals surface area contributed by atoms with E-state index in [4.69, 9.17) is 74.7 Å². The van der Waals surface area contributed by atoms with Gasteiger partial charge in [-0.25, -0.2) is 54.4 Å². The van der Waals surface area contributed by atoms with E-state index >= 15 is 0 Å². The second-order valence-electron chi connectivity index (χ2n) is 33.8. The van der Waals surface area contributed by atoms with Crippen LogP contribution >= 0.6 is 39.5 Å². The molecule has 9 aromatic heterocycles. The van der Waals surface area contributed by atoms with Crippen LogP contribution in [0.2, 0.25) is 0 Å². The Balaban J connectivity index is 0.000000147. The van der Waals surface area contributed by atoms with Crippen molar-refractivity contribution in [2.45, 2.75) is 173 Å². The van der Waals surface area contributed by atoms with E-state index in [0.717, 1.165) is 176 Å². The first-order valence-corrected chi connectivity index (χ1v) is 44.7. The number of benzene rings is 3. The van der Waals surface area contributed by atoms with Crippen molar-refractivity contribution in [1.29, 1.82) is 5.53 Å². The number of nitrogens with two attached hydrogens (primary N) is 5. The average Bonchev–Trinajstić information content (AvgIpc) is 1.60. The van der Waals surface area contributed by atoms with Crippen molar-refractivity contribution < 1.29 is 62.8 Å². The maximum atomic E-state index is 12.6. The smallest absolute Gasteiger partial charge is 0.775 e. The summed E-state index contributed by atoms with van der Waals surface area (Å²) < 4.78 is 36.0. The number of para-hydroxylation sites is 3. The summed E-state index contributed by atoms with van der Waals surface area (Å²) in [5.74, 6) is 8.74. The number of rotatable bonds is 16. The predicted molar refractivity (Wildman–Crippen MR) is 495 cm³/mol. The standard InChI is InChI=1S/C29H35N7O3S.C24H27N7OS.C20H29N5O3S.C9H7BrN2.H3N17.Na/c1-18-24(34-27(37)39-28(2,3)4)29(17-38-18)9-12-35(13-10-29)26-32-16-22(25-31-11-14-36(25)26)40-21-15-23(30)33-20-8-6-5-7-19(20)21;1-15-21(26)24(14-32-15)6-9-30(10-7-24)23-28-13-19(22-27-8-11-31(22)23)33-18-12-20(25)29-17-5-3-2-4-16(17)18;1-13-15(23-18(26)28-19(2,3)4)20(12-27-13)5-8-24(9-6-20)17-22-11-14(29)16-21-7-10-25(16)17;10-7-5-9(11)12-8-4-2-1-3-6(7)8;1-3-5-7-9-11-13-15-17-16-14-12-10-8-6-4-2;/h5-8,11,14-16,18,24H,9-10,12-13,17H2,1-4H3,(H2,30,33)(H,34,37);2-5,8,11-13,15,21H,6-7,9-10,14,26H2,1H3,(H2,25,29);7,10-11,13,15,29H,5-6,8-9,12H2,1-4H3,(H,23,26);1-5H,(H2,11,12);(H3,1,2,5,6,9,10,13,14,17);/q;;;;;+1/p-1/t18-,24+;15-,21+;13-,15+;;;/m000.../s1. The van der Waals surface area contributed by atoms with Gasteiger partial charge in [0.2, 0.25) is 17.8 Å². The number of amides is 2. The van der Waals surface area contributed by atoms with Crippen molar-refractivity contribution in [3.8, 4) is 0 Å². The molecule has 18 rings (SSSR count). The molecule has 50 heteroatoms. The quantitative estimate of drug-likeness (QED) is 0.0146. The third-order valence-electron chi connectivity index (χ3n) is 23.1. The van der Waals surface area contributed by atoms with Crippen molar-refractivity contribution >= 4 is 149 Å². The van der Waals surface area contributed by atoms with Gasteiger partial charge in [-0.1, -0.05) is 83.3 Å². The SMILES string of the molecule is C[C@@H]1OCC2(CCN(c3ncc(Sc4cc(N)nc5ccccc45)c4nccn34)CC2)[C@@H]1N.C[C@@H]1OCC2(CCN(c3ncc(Sc4cc(N)nc5ccccc45)c4nccn34)CC2)[C@@H]1NC(=O)OC(C)(C)C.C[C@@H]1OCC2(CCN(c3ncc([S-])c4nccn34)CC2)[C@@H]1NC(=O)OC(C)(C)C.N=N/N=N/N=N/N=N/N=N/N=N/N=N/N=N/N.Nc1cc(Br)c2ccccc2n1.[Na+]. The fraction of sp³-hybridized carbons (Fsp3) is 0.427. The van der Waals surface area contributed by atoms with Crippen molar-refractivity contribution in [2.75, 3.05) is 91.0 Å². The van der Waals surface area contributed by atoms with Crippen LogP contribution in [0.4, 0.5) is 44.9 Å². The summed E-state index contributed by atoms with van der Waals surface area (Å²) in [6.45, 7) is 24.4. The Bertz CT molecular complexity index is 6270. The molecule has 6 aliphatic heterocycles. The van der Waals surface area contributed by atoms with E-state index in [1.54, 1.807) is 35.9 Å². The van der Waals surface area contributed by atoms with Crippen LogP contribution in [0, 0.1) is 21.8 Å². The topological polar surface area (TPSA) is 583 Å². The summed E-state index contributed by atoms with van der Waals surface area (Å²) in [5, 5.41) is 52.6. The Morgan fingerprint density at radius 1 is 0.485 bits per heavy atom. The van der Waals surface area contributed by atoms with Crippen molar-refractivity contribution in [2.24, 2.45) is 106 Å². The molecule has 12 aromatic rings. The van der Waals surface area contributed by atoms with E-state index in [1.165, 1.54) is 0 Å². The first kappa shape index (κ1) is 97.5. The number of hydrogen-bond acceptors (Lipinski definition) is 28. The number of carbonyl (C=O) groups is 2. The van der Waals surface area contributed by atoms with Crippen LogP contribution in [0.1, 0.15) is 101 Å². The maximum Gasteiger partial charge on any atom is 1.00 e. The summed E-state index contributed by atoms with van der Waals surface area (Å²) in [7, 11) is 0. The van der Waals surface area contributed by atoms with Crippen molar-refractivity contribution in [3.05, 3.63) is 151 Å². The second-order valence-corrected chi connectivity index (χ2v) is 37.2. The van der Waals surface area contributed by atoms with Crippen LogP contribution < -0.4 is 83.7 Å². The fourth-order valence-corrected chi connectivity index (χ4v) is 19.7. The number of halogens is 1. The number of aromatic nitrogens is 12. The van der Waals surface area contributed by atoms with Gasteiger partial charge >= 0.3 is 41.7 Å². The predicted octanol–water partition coefficient (Wildman–Crippen LogP) is 12.8. The third-order valence-corrected chi connectivity index (χ3v) is 26.1. The fourth-order valence-electron chi connectivity index (χ4n) is 16.8. The van der Waals surface area contributed by atoms with Crippen LogP contribution in [0.5, 0.6) is 0 Å². The normalized spacial score (nSPS) is 20.0. The van der Waals surface area contributed by atoms with E-state index in [-0.39, 0.29) is 88.3 Å². The second kappa shape index (κ2) is 43.5. The zero-order chi connectivity index (χ0) is 92.6.